The lowest BCUT2D eigenvalue weighted by Gasteiger charge is -2.28. The van der Waals surface area contributed by atoms with Crippen molar-refractivity contribution in [2.75, 3.05) is 13.2 Å². The first-order valence-electron chi connectivity index (χ1n) is 7.44. The van der Waals surface area contributed by atoms with E-state index < -0.39 is 0 Å². The van der Waals surface area contributed by atoms with Crippen LogP contribution in [0, 0.1) is 5.92 Å². The van der Waals surface area contributed by atoms with E-state index in [1.807, 2.05) is 18.2 Å². The van der Waals surface area contributed by atoms with Crippen LogP contribution in [-0.2, 0) is 11.2 Å². The molecule has 20 heavy (non-hydrogen) atoms. The molecule has 0 aliphatic heterocycles. The molecule has 0 radical (unpaired) electrons. The molecule has 2 nitrogen and oxygen atoms in total. The predicted molar refractivity (Wildman–Crippen MR) is 85.8 cm³/mol. The molecule has 0 saturated heterocycles. The topological polar surface area (TPSA) is 21.3 Å². The summed E-state index contributed by atoms with van der Waals surface area (Å²) in [6.45, 7) is 5.89. The van der Waals surface area contributed by atoms with Crippen molar-refractivity contribution in [3.8, 4) is 0 Å². The van der Waals surface area contributed by atoms with Gasteiger partial charge in [0, 0.05) is 22.7 Å². The first-order chi connectivity index (χ1) is 9.65. The van der Waals surface area contributed by atoms with Gasteiger partial charge in [0.1, 0.15) is 0 Å². The number of rotatable bonds is 8. The molecule has 2 rings (SSSR count). The summed E-state index contributed by atoms with van der Waals surface area (Å²) < 4.78 is 5.98. The normalized spacial score (nSPS) is 18.0. The lowest BCUT2D eigenvalue weighted by atomic mass is 9.98. The number of ether oxygens (including phenoxy) is 1. The summed E-state index contributed by atoms with van der Waals surface area (Å²) in [6.07, 6.45) is 3.72. The molecule has 112 valence electrons. The molecule has 0 heterocycles. The Morgan fingerprint density at radius 3 is 2.60 bits per heavy atom. The van der Waals surface area contributed by atoms with Gasteiger partial charge in [0.25, 0.3) is 0 Å². The highest BCUT2D eigenvalue weighted by atomic mass is 35.5. The molecule has 0 bridgehead atoms. The van der Waals surface area contributed by atoms with E-state index in [0.717, 1.165) is 30.2 Å². The van der Waals surface area contributed by atoms with Gasteiger partial charge in [-0.15, -0.1) is 0 Å². The number of halogens is 2. The fourth-order valence-corrected chi connectivity index (χ4v) is 3.17. The lowest BCUT2D eigenvalue weighted by Crippen LogP contribution is -2.44. The van der Waals surface area contributed by atoms with Crippen LogP contribution >= 0.6 is 23.2 Å². The van der Waals surface area contributed by atoms with Crippen molar-refractivity contribution < 1.29 is 4.74 Å². The fourth-order valence-electron chi connectivity index (χ4n) is 2.69. The predicted octanol–water partition coefficient (Wildman–Crippen LogP) is 4.33. The van der Waals surface area contributed by atoms with Crippen LogP contribution in [0.25, 0.3) is 0 Å². The summed E-state index contributed by atoms with van der Waals surface area (Å²) in [6, 6.07) is 6.05. The van der Waals surface area contributed by atoms with E-state index >= 15 is 0 Å². The summed E-state index contributed by atoms with van der Waals surface area (Å²) in [7, 11) is 0. The van der Waals surface area contributed by atoms with Gasteiger partial charge in [0.15, 0.2) is 0 Å². The van der Waals surface area contributed by atoms with Gasteiger partial charge in [-0.2, -0.15) is 0 Å². The van der Waals surface area contributed by atoms with Crippen molar-refractivity contribution in [1.29, 1.82) is 0 Å². The highest BCUT2D eigenvalue weighted by Crippen LogP contribution is 2.37. The molecule has 1 aromatic carbocycles. The minimum atomic E-state index is 0.284. The van der Waals surface area contributed by atoms with Crippen molar-refractivity contribution >= 4 is 23.2 Å². The summed E-state index contributed by atoms with van der Waals surface area (Å²) in [5.41, 5.74) is 1.13. The van der Waals surface area contributed by atoms with E-state index in [1.165, 1.54) is 12.8 Å². The third-order valence-corrected chi connectivity index (χ3v) is 4.35. The van der Waals surface area contributed by atoms with Crippen molar-refractivity contribution in [1.82, 2.24) is 5.32 Å². The van der Waals surface area contributed by atoms with Gasteiger partial charge < -0.3 is 10.1 Å². The number of nitrogens with one attached hydrogen (secondary N) is 1. The maximum Gasteiger partial charge on any atom is 0.0759 e. The van der Waals surface area contributed by atoms with Gasteiger partial charge in [-0.1, -0.05) is 36.2 Å². The van der Waals surface area contributed by atoms with Crippen LogP contribution in [0.2, 0.25) is 10.0 Å². The van der Waals surface area contributed by atoms with Gasteiger partial charge in [-0.3, -0.25) is 0 Å². The van der Waals surface area contributed by atoms with Crippen LogP contribution < -0.4 is 5.32 Å². The van der Waals surface area contributed by atoms with E-state index in [-0.39, 0.29) is 6.10 Å². The van der Waals surface area contributed by atoms with E-state index in [2.05, 4.69) is 19.2 Å². The molecule has 0 amide bonds. The standard InChI is InChI=1S/C16H23Cl2NO/c1-3-19-15(16(20-4-2)11-5-6-11)9-12-7-8-13(17)10-14(12)18/h7-8,10-11,15-16,19H,3-6,9H2,1-2H3. The Hall–Kier alpha value is -0.280. The third-order valence-electron chi connectivity index (χ3n) is 3.76. The molecule has 2 unspecified atom stereocenters. The molecule has 1 saturated carbocycles. The maximum atomic E-state index is 6.30. The van der Waals surface area contributed by atoms with Gasteiger partial charge >= 0.3 is 0 Å². The monoisotopic (exact) mass is 315 g/mol. The highest BCUT2D eigenvalue weighted by molar-refractivity contribution is 6.35. The smallest absolute Gasteiger partial charge is 0.0759 e. The second kappa shape index (κ2) is 7.65. The Kier molecular flexibility index (Phi) is 6.16. The average molecular weight is 316 g/mol. The highest BCUT2D eigenvalue weighted by Gasteiger charge is 2.37. The molecular weight excluding hydrogens is 293 g/mol. The number of likely N-dealkylation sites (N-methyl/N-ethyl adjacent to an activating group) is 1. The molecule has 0 aromatic heterocycles. The molecule has 1 aliphatic rings. The second-order valence-electron chi connectivity index (χ2n) is 5.36. The van der Waals surface area contributed by atoms with E-state index in [1.54, 1.807) is 0 Å². The molecule has 2 atom stereocenters. The first-order valence-corrected chi connectivity index (χ1v) is 8.20. The third kappa shape index (κ3) is 4.36. The van der Waals surface area contributed by atoms with E-state index in [0.29, 0.717) is 17.0 Å². The van der Waals surface area contributed by atoms with Crippen molar-refractivity contribution in [2.45, 2.75) is 45.3 Å². The Morgan fingerprint density at radius 1 is 1.30 bits per heavy atom. The van der Waals surface area contributed by atoms with Gasteiger partial charge in [-0.25, -0.2) is 0 Å². The Morgan fingerprint density at radius 2 is 2.05 bits per heavy atom. The summed E-state index contributed by atoms with van der Waals surface area (Å²) >= 11 is 12.3. The zero-order chi connectivity index (χ0) is 14.5. The summed E-state index contributed by atoms with van der Waals surface area (Å²) in [5, 5.41) is 4.99. The van der Waals surface area contributed by atoms with Crippen molar-refractivity contribution in [2.24, 2.45) is 5.92 Å². The van der Waals surface area contributed by atoms with Crippen molar-refractivity contribution in [3.63, 3.8) is 0 Å². The molecule has 1 aliphatic carbocycles. The minimum absolute atomic E-state index is 0.284. The fraction of sp³-hybridized carbons (Fsp3) is 0.625. The molecule has 1 aromatic rings. The largest absolute Gasteiger partial charge is 0.377 e. The van der Waals surface area contributed by atoms with E-state index in [4.69, 9.17) is 27.9 Å². The molecule has 4 heteroatoms. The Labute approximate surface area is 131 Å². The molecule has 0 spiro atoms. The number of benzene rings is 1. The molecular formula is C16H23Cl2NO. The number of hydrogen-bond acceptors (Lipinski definition) is 2. The van der Waals surface area contributed by atoms with Crippen LogP contribution in [0.1, 0.15) is 32.3 Å². The molecule has 1 N–H and O–H groups in total. The van der Waals surface area contributed by atoms with Crippen LogP contribution in [0.15, 0.2) is 18.2 Å². The first kappa shape index (κ1) is 16.1. The zero-order valence-corrected chi connectivity index (χ0v) is 13.7. The van der Waals surface area contributed by atoms with Crippen LogP contribution in [-0.4, -0.2) is 25.3 Å². The summed E-state index contributed by atoms with van der Waals surface area (Å²) in [4.78, 5) is 0. The van der Waals surface area contributed by atoms with Gasteiger partial charge in [-0.05, 0) is 56.3 Å². The SMILES string of the molecule is CCNC(Cc1ccc(Cl)cc1Cl)C(OCC)C1CC1. The quantitative estimate of drug-likeness (QED) is 0.771. The number of hydrogen-bond donors (Lipinski definition) is 1. The van der Waals surface area contributed by atoms with Crippen LogP contribution in [0.4, 0.5) is 0 Å². The summed E-state index contributed by atoms with van der Waals surface area (Å²) in [5.74, 6) is 0.699. The second-order valence-corrected chi connectivity index (χ2v) is 6.21. The van der Waals surface area contributed by atoms with Gasteiger partial charge in [0.05, 0.1) is 6.10 Å². The minimum Gasteiger partial charge on any atom is -0.377 e. The molecule has 1 fully saturated rings. The maximum absolute atomic E-state index is 6.30. The Balaban J connectivity index is 2.10. The zero-order valence-electron chi connectivity index (χ0n) is 12.2. The lowest BCUT2D eigenvalue weighted by molar-refractivity contribution is 0.0196. The van der Waals surface area contributed by atoms with Gasteiger partial charge in [0.2, 0.25) is 0 Å². The van der Waals surface area contributed by atoms with E-state index in [9.17, 15) is 0 Å². The van der Waals surface area contributed by atoms with Crippen molar-refractivity contribution in [3.05, 3.63) is 33.8 Å². The van der Waals surface area contributed by atoms with Crippen LogP contribution in [0.3, 0.4) is 0 Å². The van der Waals surface area contributed by atoms with Crippen LogP contribution in [0.5, 0.6) is 0 Å². The average Bonchev–Trinajstić information content (AvgIpc) is 3.23. The Bertz CT molecular complexity index is 434.